The second kappa shape index (κ2) is 9.17. The number of nitrogens with zero attached hydrogens (tertiary/aromatic N) is 2. The van der Waals surface area contributed by atoms with Gasteiger partial charge in [0.25, 0.3) is 0 Å². The molecule has 0 aliphatic heterocycles. The van der Waals surface area contributed by atoms with Crippen LogP contribution in [-0.4, -0.2) is 18.0 Å². The van der Waals surface area contributed by atoms with Gasteiger partial charge in [-0.15, -0.1) is 24.0 Å². The molecular weight excluding hydrogens is 434 g/mol. The highest BCUT2D eigenvalue weighted by molar-refractivity contribution is 14.0. The van der Waals surface area contributed by atoms with Crippen LogP contribution in [0.25, 0.3) is 0 Å². The van der Waals surface area contributed by atoms with Crippen LogP contribution in [0.1, 0.15) is 43.5 Å². The zero-order valence-electron chi connectivity index (χ0n) is 15.3. The number of guanidine groups is 1. The van der Waals surface area contributed by atoms with Crippen LogP contribution in [0.15, 0.2) is 33.8 Å². The smallest absolute Gasteiger partial charge is 0.213 e. The van der Waals surface area contributed by atoms with Crippen LogP contribution in [0.3, 0.4) is 0 Å². The minimum atomic E-state index is -0.202. The molecular formula is C18H26FIN4O. The quantitative estimate of drug-likeness (QED) is 0.413. The minimum absolute atomic E-state index is 0. The van der Waals surface area contributed by atoms with Gasteiger partial charge in [0.15, 0.2) is 5.96 Å². The highest BCUT2D eigenvalue weighted by atomic mass is 127. The standard InChI is InChI=1S/C18H25FN4O.HI/c1-12-6-7-13(8-14(12)19)9-22-17(20-5)23-11-16-21-10-15(24-16)18(2,3)4;/h6-8,10H,9,11H2,1-5H3,(H2,20,22,23);1H. The van der Waals surface area contributed by atoms with Gasteiger partial charge in [0, 0.05) is 19.0 Å². The van der Waals surface area contributed by atoms with E-state index in [-0.39, 0.29) is 35.2 Å². The molecule has 0 saturated carbocycles. The molecule has 25 heavy (non-hydrogen) atoms. The number of nitrogens with one attached hydrogen (secondary N) is 2. The lowest BCUT2D eigenvalue weighted by atomic mass is 9.94. The first kappa shape index (κ1) is 21.4. The highest BCUT2D eigenvalue weighted by Gasteiger charge is 2.19. The average molecular weight is 460 g/mol. The van der Waals surface area contributed by atoms with Crippen molar-refractivity contribution in [3.8, 4) is 0 Å². The van der Waals surface area contributed by atoms with Crippen molar-refractivity contribution in [2.24, 2.45) is 4.99 Å². The van der Waals surface area contributed by atoms with E-state index in [1.165, 1.54) is 6.07 Å². The predicted octanol–water partition coefficient (Wildman–Crippen LogP) is 3.90. The molecule has 1 aromatic carbocycles. The molecule has 2 N–H and O–H groups in total. The second-order valence-electron chi connectivity index (χ2n) is 6.73. The van der Waals surface area contributed by atoms with E-state index in [0.717, 1.165) is 11.3 Å². The summed E-state index contributed by atoms with van der Waals surface area (Å²) in [6.07, 6.45) is 1.75. The van der Waals surface area contributed by atoms with E-state index in [4.69, 9.17) is 4.42 Å². The third kappa shape index (κ3) is 6.30. The summed E-state index contributed by atoms with van der Waals surface area (Å²) in [5.41, 5.74) is 1.42. The summed E-state index contributed by atoms with van der Waals surface area (Å²) in [5, 5.41) is 6.28. The van der Waals surface area contributed by atoms with Crippen molar-refractivity contribution < 1.29 is 8.81 Å². The zero-order valence-corrected chi connectivity index (χ0v) is 17.6. The van der Waals surface area contributed by atoms with E-state index in [0.29, 0.717) is 30.5 Å². The number of benzene rings is 1. The minimum Gasteiger partial charge on any atom is -0.443 e. The van der Waals surface area contributed by atoms with Gasteiger partial charge in [-0.1, -0.05) is 32.9 Å². The molecule has 0 unspecified atom stereocenters. The van der Waals surface area contributed by atoms with Crippen LogP contribution < -0.4 is 10.6 Å². The van der Waals surface area contributed by atoms with Crippen molar-refractivity contribution in [2.75, 3.05) is 7.05 Å². The molecule has 0 radical (unpaired) electrons. The number of rotatable bonds is 4. The summed E-state index contributed by atoms with van der Waals surface area (Å²) in [5.74, 6) is 1.85. The van der Waals surface area contributed by atoms with Gasteiger partial charge in [-0.25, -0.2) is 9.37 Å². The maximum atomic E-state index is 13.6. The fourth-order valence-corrected chi connectivity index (χ4v) is 2.05. The first-order valence-electron chi connectivity index (χ1n) is 7.94. The Morgan fingerprint density at radius 1 is 1.24 bits per heavy atom. The lowest BCUT2D eigenvalue weighted by molar-refractivity contribution is 0.379. The first-order valence-corrected chi connectivity index (χ1v) is 7.94. The molecule has 5 nitrogen and oxygen atoms in total. The van der Waals surface area contributed by atoms with E-state index in [2.05, 4.69) is 41.4 Å². The fraction of sp³-hybridized carbons (Fsp3) is 0.444. The summed E-state index contributed by atoms with van der Waals surface area (Å²) in [6, 6.07) is 5.19. The van der Waals surface area contributed by atoms with Crippen molar-refractivity contribution in [2.45, 2.75) is 46.2 Å². The topological polar surface area (TPSA) is 62.5 Å². The summed E-state index contributed by atoms with van der Waals surface area (Å²) in [4.78, 5) is 8.41. The van der Waals surface area contributed by atoms with Gasteiger partial charge < -0.3 is 15.1 Å². The van der Waals surface area contributed by atoms with Crippen LogP contribution in [0.5, 0.6) is 0 Å². The highest BCUT2D eigenvalue weighted by Crippen LogP contribution is 2.22. The van der Waals surface area contributed by atoms with Gasteiger partial charge in [-0.05, 0) is 24.1 Å². The average Bonchev–Trinajstić information content (AvgIpc) is 3.00. The SMILES string of the molecule is CN=C(NCc1ccc(C)c(F)c1)NCc1ncc(C(C)(C)C)o1.I. The number of aryl methyl sites for hydroxylation is 1. The number of oxazole rings is 1. The van der Waals surface area contributed by atoms with Gasteiger partial charge in [0.2, 0.25) is 5.89 Å². The number of halogens is 2. The molecule has 2 rings (SSSR count). The Balaban J connectivity index is 0.00000312. The molecule has 7 heteroatoms. The lowest BCUT2D eigenvalue weighted by Gasteiger charge is -2.13. The Bertz CT molecular complexity index is 722. The third-order valence-corrected chi connectivity index (χ3v) is 3.62. The van der Waals surface area contributed by atoms with Gasteiger partial charge in [0.05, 0.1) is 12.7 Å². The molecule has 0 aliphatic rings. The summed E-state index contributed by atoms with van der Waals surface area (Å²) < 4.78 is 19.3. The Morgan fingerprint density at radius 3 is 2.48 bits per heavy atom. The van der Waals surface area contributed by atoms with Crippen molar-refractivity contribution in [1.82, 2.24) is 15.6 Å². The molecule has 1 heterocycles. The van der Waals surface area contributed by atoms with Gasteiger partial charge in [-0.2, -0.15) is 0 Å². The molecule has 1 aromatic heterocycles. The number of hydrogen-bond acceptors (Lipinski definition) is 3. The van der Waals surface area contributed by atoms with E-state index >= 15 is 0 Å². The molecule has 0 spiro atoms. The number of hydrogen-bond donors (Lipinski definition) is 2. The largest absolute Gasteiger partial charge is 0.443 e. The zero-order chi connectivity index (χ0) is 17.7. The van der Waals surface area contributed by atoms with Gasteiger partial charge in [0.1, 0.15) is 11.6 Å². The molecule has 2 aromatic rings. The predicted molar refractivity (Wildman–Crippen MR) is 109 cm³/mol. The monoisotopic (exact) mass is 460 g/mol. The summed E-state index contributed by atoms with van der Waals surface area (Å²) >= 11 is 0. The lowest BCUT2D eigenvalue weighted by Crippen LogP contribution is -2.36. The number of aromatic nitrogens is 1. The number of aliphatic imine (C=N–C) groups is 1. The molecule has 0 fully saturated rings. The van der Waals surface area contributed by atoms with Gasteiger partial charge in [-0.3, -0.25) is 4.99 Å². The van der Waals surface area contributed by atoms with Crippen LogP contribution in [-0.2, 0) is 18.5 Å². The Labute approximate surface area is 165 Å². The van der Waals surface area contributed by atoms with E-state index < -0.39 is 0 Å². The summed E-state index contributed by atoms with van der Waals surface area (Å²) in [6.45, 7) is 8.88. The Kier molecular flexibility index (Phi) is 7.85. The van der Waals surface area contributed by atoms with E-state index in [1.807, 2.05) is 6.07 Å². The second-order valence-corrected chi connectivity index (χ2v) is 6.73. The van der Waals surface area contributed by atoms with Crippen molar-refractivity contribution in [3.63, 3.8) is 0 Å². The molecule has 0 bridgehead atoms. The Morgan fingerprint density at radius 2 is 1.92 bits per heavy atom. The third-order valence-electron chi connectivity index (χ3n) is 3.62. The van der Waals surface area contributed by atoms with Crippen LogP contribution in [0.4, 0.5) is 4.39 Å². The van der Waals surface area contributed by atoms with E-state index in [9.17, 15) is 4.39 Å². The molecule has 0 atom stereocenters. The maximum Gasteiger partial charge on any atom is 0.213 e. The van der Waals surface area contributed by atoms with Gasteiger partial charge >= 0.3 is 0 Å². The van der Waals surface area contributed by atoms with Crippen LogP contribution >= 0.6 is 24.0 Å². The van der Waals surface area contributed by atoms with E-state index in [1.54, 1.807) is 26.2 Å². The van der Waals surface area contributed by atoms with Crippen molar-refractivity contribution in [1.29, 1.82) is 0 Å². The molecule has 0 aliphatic carbocycles. The summed E-state index contributed by atoms with van der Waals surface area (Å²) in [7, 11) is 1.68. The first-order chi connectivity index (χ1) is 11.3. The normalized spacial score (nSPS) is 11.8. The molecule has 0 saturated heterocycles. The van der Waals surface area contributed by atoms with Crippen LogP contribution in [0.2, 0.25) is 0 Å². The van der Waals surface area contributed by atoms with Crippen molar-refractivity contribution >= 4 is 29.9 Å². The Hall–Kier alpha value is -1.64. The van der Waals surface area contributed by atoms with Crippen LogP contribution in [0, 0.1) is 12.7 Å². The van der Waals surface area contributed by atoms with Crippen molar-refractivity contribution in [3.05, 3.63) is 53.0 Å². The molecule has 138 valence electrons. The molecule has 0 amide bonds. The maximum absolute atomic E-state index is 13.6. The fourth-order valence-electron chi connectivity index (χ4n) is 2.05.